The molecule has 1 aromatic heterocycles. The van der Waals surface area contributed by atoms with Crippen LogP contribution in [0.5, 0.6) is 11.5 Å². The van der Waals surface area contributed by atoms with Crippen LogP contribution in [0.2, 0.25) is 0 Å². The van der Waals surface area contributed by atoms with Gasteiger partial charge in [0, 0.05) is 17.4 Å². The zero-order valence-electron chi connectivity index (χ0n) is 15.7. The fourth-order valence-corrected chi connectivity index (χ4v) is 2.72. The average molecular weight is 393 g/mol. The number of benzene rings is 2. The van der Waals surface area contributed by atoms with E-state index in [2.05, 4.69) is 25.8 Å². The van der Waals surface area contributed by atoms with E-state index < -0.39 is 0 Å². The highest BCUT2D eigenvalue weighted by Gasteiger charge is 2.12. The first kappa shape index (κ1) is 18.5. The van der Waals surface area contributed by atoms with Gasteiger partial charge >= 0.3 is 5.97 Å². The molecule has 1 aliphatic rings. The number of ether oxygens (including phenoxy) is 3. The van der Waals surface area contributed by atoms with Crippen LogP contribution in [-0.4, -0.2) is 41.0 Å². The van der Waals surface area contributed by atoms with Crippen LogP contribution in [0.15, 0.2) is 48.7 Å². The summed E-state index contributed by atoms with van der Waals surface area (Å²) in [5.41, 5.74) is 2.00. The maximum atomic E-state index is 11.7. The number of carbonyl (C=O) groups is 1. The van der Waals surface area contributed by atoms with Crippen LogP contribution in [-0.2, 0) is 4.74 Å². The normalized spacial score (nSPS) is 12.2. The molecule has 0 fully saturated rings. The van der Waals surface area contributed by atoms with Crippen LogP contribution in [0.1, 0.15) is 17.3 Å². The highest BCUT2D eigenvalue weighted by molar-refractivity contribution is 5.89. The van der Waals surface area contributed by atoms with Crippen LogP contribution >= 0.6 is 0 Å². The first-order chi connectivity index (χ1) is 14.2. The Morgan fingerprint density at radius 2 is 1.79 bits per heavy atom. The molecule has 0 radical (unpaired) electrons. The lowest BCUT2D eigenvalue weighted by atomic mass is 10.2. The smallest absolute Gasteiger partial charge is 0.338 e. The van der Waals surface area contributed by atoms with Gasteiger partial charge in [0.05, 0.1) is 18.4 Å². The maximum absolute atomic E-state index is 11.7. The van der Waals surface area contributed by atoms with E-state index in [0.717, 1.165) is 11.4 Å². The maximum Gasteiger partial charge on any atom is 0.338 e. The highest BCUT2D eigenvalue weighted by Crippen LogP contribution is 2.33. The van der Waals surface area contributed by atoms with Crippen molar-refractivity contribution >= 4 is 29.1 Å². The molecule has 2 aromatic carbocycles. The van der Waals surface area contributed by atoms with Crippen LogP contribution in [0.4, 0.5) is 23.1 Å². The third-order valence-electron chi connectivity index (χ3n) is 4.03. The minimum atomic E-state index is -0.353. The van der Waals surface area contributed by atoms with Crippen molar-refractivity contribution in [1.82, 2.24) is 15.2 Å². The molecule has 0 bridgehead atoms. The molecule has 0 amide bonds. The molecule has 0 aliphatic carbocycles. The summed E-state index contributed by atoms with van der Waals surface area (Å²) in [5.74, 6) is 1.86. The van der Waals surface area contributed by atoms with E-state index in [-0.39, 0.29) is 5.97 Å². The summed E-state index contributed by atoms with van der Waals surface area (Å²) in [7, 11) is 0. The molecule has 9 heteroatoms. The quantitative estimate of drug-likeness (QED) is 0.610. The predicted molar refractivity (Wildman–Crippen MR) is 106 cm³/mol. The van der Waals surface area contributed by atoms with Gasteiger partial charge in [0.2, 0.25) is 5.95 Å². The van der Waals surface area contributed by atoms with Gasteiger partial charge in [0.15, 0.2) is 17.3 Å². The van der Waals surface area contributed by atoms with E-state index in [1.54, 1.807) is 31.2 Å². The molecule has 1 aliphatic heterocycles. The molecule has 0 atom stereocenters. The highest BCUT2D eigenvalue weighted by atomic mass is 16.6. The van der Waals surface area contributed by atoms with Crippen molar-refractivity contribution in [3.8, 4) is 11.5 Å². The van der Waals surface area contributed by atoms with Gasteiger partial charge in [-0.15, -0.1) is 5.10 Å². The Morgan fingerprint density at radius 1 is 1.03 bits per heavy atom. The monoisotopic (exact) mass is 393 g/mol. The van der Waals surface area contributed by atoms with Crippen molar-refractivity contribution in [3.05, 3.63) is 54.2 Å². The molecular formula is C20H19N5O4. The zero-order valence-corrected chi connectivity index (χ0v) is 15.7. The van der Waals surface area contributed by atoms with Gasteiger partial charge in [0.1, 0.15) is 13.2 Å². The molecule has 2 heterocycles. The summed E-state index contributed by atoms with van der Waals surface area (Å²) in [6.07, 6.45) is 1.51. The van der Waals surface area contributed by atoms with E-state index in [1.807, 2.05) is 18.2 Å². The summed E-state index contributed by atoms with van der Waals surface area (Å²) in [6, 6.07) is 12.4. The number of nitrogens with one attached hydrogen (secondary N) is 2. The summed E-state index contributed by atoms with van der Waals surface area (Å²) in [5, 5.41) is 14.2. The van der Waals surface area contributed by atoms with E-state index >= 15 is 0 Å². The molecule has 0 saturated carbocycles. The number of esters is 1. The number of rotatable bonds is 6. The topological polar surface area (TPSA) is 107 Å². The SMILES string of the molecule is CCOC(=O)c1ccc(Nc2cnnc(Nc3ccc4c(c3)OCCO4)n2)cc1. The lowest BCUT2D eigenvalue weighted by Crippen LogP contribution is -2.15. The van der Waals surface area contributed by atoms with Gasteiger partial charge in [-0.1, -0.05) is 0 Å². The zero-order chi connectivity index (χ0) is 20.1. The molecule has 148 valence electrons. The number of fused-ring (bicyclic) bond motifs is 1. The van der Waals surface area contributed by atoms with Crippen LogP contribution < -0.4 is 20.1 Å². The second kappa shape index (κ2) is 8.42. The fourth-order valence-electron chi connectivity index (χ4n) is 2.72. The van der Waals surface area contributed by atoms with Gasteiger partial charge in [0.25, 0.3) is 0 Å². The van der Waals surface area contributed by atoms with Crippen molar-refractivity contribution in [2.45, 2.75) is 6.92 Å². The first-order valence-electron chi connectivity index (χ1n) is 9.12. The summed E-state index contributed by atoms with van der Waals surface area (Å²) in [6.45, 7) is 3.17. The Balaban J connectivity index is 1.44. The molecule has 3 aromatic rings. The molecule has 0 unspecified atom stereocenters. The average Bonchev–Trinajstić information content (AvgIpc) is 2.75. The Hall–Kier alpha value is -3.88. The molecule has 9 nitrogen and oxygen atoms in total. The second-order valence-corrected chi connectivity index (χ2v) is 6.07. The Labute approximate surface area is 167 Å². The third kappa shape index (κ3) is 4.52. The Morgan fingerprint density at radius 3 is 2.59 bits per heavy atom. The summed E-state index contributed by atoms with van der Waals surface area (Å²) < 4.78 is 16.1. The van der Waals surface area contributed by atoms with Gasteiger partial charge < -0.3 is 24.8 Å². The predicted octanol–water partition coefficient (Wildman–Crippen LogP) is 3.31. The number of anilines is 4. The number of hydrogen-bond donors (Lipinski definition) is 2. The largest absolute Gasteiger partial charge is 0.486 e. The van der Waals surface area contributed by atoms with Crippen molar-refractivity contribution in [2.75, 3.05) is 30.5 Å². The number of carbonyl (C=O) groups excluding carboxylic acids is 1. The summed E-state index contributed by atoms with van der Waals surface area (Å²) in [4.78, 5) is 16.1. The minimum absolute atomic E-state index is 0.329. The molecule has 4 rings (SSSR count). The van der Waals surface area contributed by atoms with Gasteiger partial charge in [-0.2, -0.15) is 10.1 Å². The number of hydrogen-bond acceptors (Lipinski definition) is 9. The van der Waals surface area contributed by atoms with E-state index in [0.29, 0.717) is 48.6 Å². The van der Waals surface area contributed by atoms with Gasteiger partial charge in [-0.05, 0) is 43.3 Å². The number of aromatic nitrogens is 3. The third-order valence-corrected chi connectivity index (χ3v) is 4.03. The molecule has 0 saturated heterocycles. The molecule has 2 N–H and O–H groups in total. The molecule has 0 spiro atoms. The second-order valence-electron chi connectivity index (χ2n) is 6.07. The number of nitrogens with zero attached hydrogens (tertiary/aromatic N) is 3. The van der Waals surface area contributed by atoms with Crippen molar-refractivity contribution in [1.29, 1.82) is 0 Å². The Kier molecular flexibility index (Phi) is 5.37. The van der Waals surface area contributed by atoms with Crippen molar-refractivity contribution in [3.63, 3.8) is 0 Å². The minimum Gasteiger partial charge on any atom is -0.486 e. The van der Waals surface area contributed by atoms with Crippen LogP contribution in [0, 0.1) is 0 Å². The van der Waals surface area contributed by atoms with Gasteiger partial charge in [-0.3, -0.25) is 0 Å². The van der Waals surface area contributed by atoms with Crippen LogP contribution in [0.3, 0.4) is 0 Å². The van der Waals surface area contributed by atoms with E-state index in [1.165, 1.54) is 6.20 Å². The lowest BCUT2D eigenvalue weighted by Gasteiger charge is -2.19. The summed E-state index contributed by atoms with van der Waals surface area (Å²) >= 11 is 0. The first-order valence-corrected chi connectivity index (χ1v) is 9.12. The van der Waals surface area contributed by atoms with E-state index in [4.69, 9.17) is 14.2 Å². The van der Waals surface area contributed by atoms with Crippen molar-refractivity contribution in [2.24, 2.45) is 0 Å². The molecule has 29 heavy (non-hydrogen) atoms. The van der Waals surface area contributed by atoms with Crippen LogP contribution in [0.25, 0.3) is 0 Å². The molecular weight excluding hydrogens is 374 g/mol. The van der Waals surface area contributed by atoms with Gasteiger partial charge in [-0.25, -0.2) is 4.79 Å². The van der Waals surface area contributed by atoms with Crippen molar-refractivity contribution < 1.29 is 19.0 Å². The fraction of sp³-hybridized carbons (Fsp3) is 0.200. The Bertz CT molecular complexity index is 1010. The van der Waals surface area contributed by atoms with E-state index in [9.17, 15) is 4.79 Å². The lowest BCUT2D eigenvalue weighted by molar-refractivity contribution is 0.0526. The standard InChI is InChI=1S/C20H19N5O4/c1-2-27-19(26)13-3-5-14(6-4-13)22-18-12-21-25-20(24-18)23-15-7-8-16-17(11-15)29-10-9-28-16/h3-8,11-12H,2,9-10H2,1H3,(H2,22,23,24,25).